The summed E-state index contributed by atoms with van der Waals surface area (Å²) in [6.45, 7) is 9.88. The van der Waals surface area contributed by atoms with Gasteiger partial charge in [0.15, 0.2) is 5.96 Å². The van der Waals surface area contributed by atoms with Gasteiger partial charge in [-0.3, -0.25) is 9.89 Å². The first-order valence-corrected chi connectivity index (χ1v) is 10.7. The van der Waals surface area contributed by atoms with Crippen LogP contribution in [0, 0.1) is 5.92 Å². The number of hydrogen-bond donors (Lipinski definition) is 2. The van der Waals surface area contributed by atoms with Crippen LogP contribution >= 0.6 is 24.0 Å². The number of halogens is 1. The molecule has 2 unspecified atom stereocenters. The Morgan fingerprint density at radius 1 is 1.17 bits per heavy atom. The van der Waals surface area contributed by atoms with Crippen molar-refractivity contribution in [2.75, 3.05) is 39.8 Å². The predicted molar refractivity (Wildman–Crippen MR) is 129 cm³/mol. The molecule has 2 N–H and O–H groups in total. The largest absolute Gasteiger partial charge is 0.493 e. The van der Waals surface area contributed by atoms with E-state index in [-0.39, 0.29) is 24.0 Å². The SMILES string of the molecule is CN=C(NCCCN1CC(C)OC(C)C1)NCc1ccccc1OCC1CC1.I. The number of nitrogens with zero attached hydrogens (tertiary/aromatic N) is 2. The highest BCUT2D eigenvalue weighted by molar-refractivity contribution is 14.0. The van der Waals surface area contributed by atoms with E-state index in [0.717, 1.165) is 56.8 Å². The summed E-state index contributed by atoms with van der Waals surface area (Å²) >= 11 is 0. The molecule has 2 aliphatic rings. The molecule has 1 aromatic carbocycles. The Morgan fingerprint density at radius 2 is 1.90 bits per heavy atom. The first-order valence-electron chi connectivity index (χ1n) is 10.7. The molecule has 1 saturated carbocycles. The van der Waals surface area contributed by atoms with Gasteiger partial charge in [-0.1, -0.05) is 18.2 Å². The Balaban J connectivity index is 0.00000300. The van der Waals surface area contributed by atoms with E-state index >= 15 is 0 Å². The average Bonchev–Trinajstić information content (AvgIpc) is 3.50. The van der Waals surface area contributed by atoms with E-state index in [0.29, 0.717) is 18.8 Å². The quantitative estimate of drug-likeness (QED) is 0.229. The number of benzene rings is 1. The van der Waals surface area contributed by atoms with Crippen molar-refractivity contribution in [1.29, 1.82) is 0 Å². The van der Waals surface area contributed by atoms with E-state index in [1.807, 2.05) is 13.1 Å². The standard InChI is InChI=1S/C22H36N4O2.HI/c1-17-14-26(15-18(2)28-17)12-6-11-24-22(23-3)25-13-20-7-4-5-8-21(20)27-16-19-9-10-19;/h4-5,7-8,17-19H,6,9-16H2,1-3H3,(H2,23,24,25);1H. The van der Waals surface area contributed by atoms with Crippen LogP contribution in [0.3, 0.4) is 0 Å². The molecule has 0 spiro atoms. The van der Waals surface area contributed by atoms with Crippen molar-refractivity contribution in [2.24, 2.45) is 10.9 Å². The van der Waals surface area contributed by atoms with Gasteiger partial charge in [-0.05, 0) is 45.1 Å². The summed E-state index contributed by atoms with van der Waals surface area (Å²) in [7, 11) is 1.82. The molecule has 0 amide bonds. The second-order valence-electron chi connectivity index (χ2n) is 8.09. The van der Waals surface area contributed by atoms with Gasteiger partial charge in [0.2, 0.25) is 0 Å². The van der Waals surface area contributed by atoms with Gasteiger partial charge in [-0.2, -0.15) is 0 Å². The molecule has 164 valence electrons. The average molecular weight is 516 g/mol. The summed E-state index contributed by atoms with van der Waals surface area (Å²) in [5.41, 5.74) is 1.17. The number of rotatable bonds is 9. The van der Waals surface area contributed by atoms with E-state index in [1.54, 1.807) is 0 Å². The highest BCUT2D eigenvalue weighted by Crippen LogP contribution is 2.30. The Morgan fingerprint density at radius 3 is 2.59 bits per heavy atom. The van der Waals surface area contributed by atoms with Crippen LogP contribution in [-0.2, 0) is 11.3 Å². The number of aliphatic imine (C=N–C) groups is 1. The highest BCUT2D eigenvalue weighted by atomic mass is 127. The summed E-state index contributed by atoms with van der Waals surface area (Å²) < 4.78 is 11.8. The third-order valence-electron chi connectivity index (χ3n) is 5.25. The molecule has 2 fully saturated rings. The second-order valence-corrected chi connectivity index (χ2v) is 8.09. The third-order valence-corrected chi connectivity index (χ3v) is 5.25. The van der Waals surface area contributed by atoms with Crippen LogP contribution in [0.15, 0.2) is 29.3 Å². The smallest absolute Gasteiger partial charge is 0.191 e. The molecule has 0 radical (unpaired) electrons. The lowest BCUT2D eigenvalue weighted by molar-refractivity contribution is -0.0679. The fraction of sp³-hybridized carbons (Fsp3) is 0.682. The van der Waals surface area contributed by atoms with Crippen molar-refractivity contribution in [2.45, 2.75) is 51.9 Å². The molecular formula is C22H37IN4O2. The van der Waals surface area contributed by atoms with Gasteiger partial charge in [0, 0.05) is 45.3 Å². The van der Waals surface area contributed by atoms with Gasteiger partial charge >= 0.3 is 0 Å². The minimum absolute atomic E-state index is 0. The molecular weight excluding hydrogens is 479 g/mol. The molecule has 1 aliphatic heterocycles. The monoisotopic (exact) mass is 516 g/mol. The fourth-order valence-corrected chi connectivity index (χ4v) is 3.66. The number of guanidine groups is 1. The van der Waals surface area contributed by atoms with Gasteiger partial charge < -0.3 is 20.1 Å². The van der Waals surface area contributed by atoms with Crippen molar-refractivity contribution < 1.29 is 9.47 Å². The summed E-state index contributed by atoms with van der Waals surface area (Å²) in [5.74, 6) is 2.57. The maximum Gasteiger partial charge on any atom is 0.191 e. The Hall–Kier alpha value is -1.06. The van der Waals surface area contributed by atoms with E-state index < -0.39 is 0 Å². The minimum atomic E-state index is 0. The van der Waals surface area contributed by atoms with Gasteiger partial charge in [0.25, 0.3) is 0 Å². The zero-order valence-corrected chi connectivity index (χ0v) is 20.4. The van der Waals surface area contributed by atoms with E-state index in [4.69, 9.17) is 9.47 Å². The van der Waals surface area contributed by atoms with Crippen LogP contribution in [0.4, 0.5) is 0 Å². The van der Waals surface area contributed by atoms with Gasteiger partial charge in [-0.15, -0.1) is 24.0 Å². The zero-order chi connectivity index (χ0) is 19.8. The summed E-state index contributed by atoms with van der Waals surface area (Å²) in [4.78, 5) is 6.84. The number of morpholine rings is 1. The predicted octanol–water partition coefficient (Wildman–Crippen LogP) is 3.26. The van der Waals surface area contributed by atoms with Crippen LogP contribution in [0.2, 0.25) is 0 Å². The molecule has 29 heavy (non-hydrogen) atoms. The topological polar surface area (TPSA) is 58.1 Å². The lowest BCUT2D eigenvalue weighted by Crippen LogP contribution is -2.46. The molecule has 2 atom stereocenters. The Kier molecular flexibility index (Phi) is 10.5. The van der Waals surface area contributed by atoms with Crippen LogP contribution in [0.25, 0.3) is 0 Å². The van der Waals surface area contributed by atoms with Gasteiger partial charge in [-0.25, -0.2) is 0 Å². The van der Waals surface area contributed by atoms with E-state index in [2.05, 4.69) is 52.6 Å². The fourth-order valence-electron chi connectivity index (χ4n) is 3.66. The van der Waals surface area contributed by atoms with E-state index in [1.165, 1.54) is 18.4 Å². The molecule has 1 saturated heterocycles. The molecule has 3 rings (SSSR count). The zero-order valence-electron chi connectivity index (χ0n) is 18.0. The summed E-state index contributed by atoms with van der Waals surface area (Å²) in [5, 5.41) is 6.83. The number of para-hydroxylation sites is 1. The lowest BCUT2D eigenvalue weighted by atomic mass is 10.2. The first kappa shape index (κ1) is 24.2. The Labute approximate surface area is 192 Å². The molecule has 1 heterocycles. The maximum atomic E-state index is 5.99. The summed E-state index contributed by atoms with van der Waals surface area (Å²) in [6.07, 6.45) is 4.35. The normalized spacial score (nSPS) is 22.7. The van der Waals surface area contributed by atoms with Crippen LogP contribution in [0.1, 0.15) is 38.7 Å². The van der Waals surface area contributed by atoms with E-state index in [9.17, 15) is 0 Å². The molecule has 1 aliphatic carbocycles. The lowest BCUT2D eigenvalue weighted by Gasteiger charge is -2.35. The molecule has 6 nitrogen and oxygen atoms in total. The molecule has 1 aromatic rings. The van der Waals surface area contributed by atoms with Crippen LogP contribution < -0.4 is 15.4 Å². The molecule has 0 aromatic heterocycles. The van der Waals surface area contributed by atoms with Gasteiger partial charge in [0.1, 0.15) is 5.75 Å². The third kappa shape index (κ3) is 8.68. The Bertz CT molecular complexity index is 629. The van der Waals surface area contributed by atoms with Gasteiger partial charge in [0.05, 0.1) is 18.8 Å². The second kappa shape index (κ2) is 12.6. The maximum absolute atomic E-state index is 5.99. The molecule has 0 bridgehead atoms. The minimum Gasteiger partial charge on any atom is -0.493 e. The number of hydrogen-bond acceptors (Lipinski definition) is 4. The highest BCUT2D eigenvalue weighted by Gasteiger charge is 2.22. The first-order chi connectivity index (χ1) is 13.6. The van der Waals surface area contributed by atoms with Crippen molar-refractivity contribution in [3.05, 3.63) is 29.8 Å². The number of nitrogens with one attached hydrogen (secondary N) is 2. The number of ether oxygens (including phenoxy) is 2. The van der Waals surface area contributed by atoms with Crippen molar-refractivity contribution in [3.8, 4) is 5.75 Å². The van der Waals surface area contributed by atoms with Crippen LogP contribution in [-0.4, -0.2) is 62.9 Å². The van der Waals surface area contributed by atoms with Crippen LogP contribution in [0.5, 0.6) is 5.75 Å². The van der Waals surface area contributed by atoms with Crippen molar-refractivity contribution in [1.82, 2.24) is 15.5 Å². The summed E-state index contributed by atoms with van der Waals surface area (Å²) in [6, 6.07) is 8.26. The molecule has 7 heteroatoms. The van der Waals surface area contributed by atoms with Crippen molar-refractivity contribution >= 4 is 29.9 Å². The van der Waals surface area contributed by atoms with Crippen molar-refractivity contribution in [3.63, 3.8) is 0 Å².